The van der Waals surface area contributed by atoms with E-state index in [1.54, 1.807) is 24.3 Å². The normalized spacial score (nSPS) is 19.7. The highest BCUT2D eigenvalue weighted by atomic mass is 16.6. The van der Waals surface area contributed by atoms with E-state index in [0.29, 0.717) is 11.3 Å². The highest BCUT2D eigenvalue weighted by Crippen LogP contribution is 2.40. The average Bonchev–Trinajstić information content (AvgIpc) is 2.82. The van der Waals surface area contributed by atoms with Gasteiger partial charge in [-0.05, 0) is 17.7 Å². The third-order valence-corrected chi connectivity index (χ3v) is 4.08. The molecule has 1 unspecified atom stereocenters. The number of methoxy groups -OCH3 is 1. The second-order valence-corrected chi connectivity index (χ2v) is 5.47. The van der Waals surface area contributed by atoms with E-state index in [1.165, 1.54) is 31.4 Å². The molecule has 126 valence electrons. The zero-order chi connectivity index (χ0) is 18.2. The highest BCUT2D eigenvalue weighted by molar-refractivity contribution is 6.50. The van der Waals surface area contributed by atoms with Crippen molar-refractivity contribution in [1.82, 2.24) is 0 Å². The molecule has 0 aliphatic heterocycles. The molecular formula is C18H13NO6. The fourth-order valence-corrected chi connectivity index (χ4v) is 2.81. The van der Waals surface area contributed by atoms with E-state index in [2.05, 4.69) is 0 Å². The van der Waals surface area contributed by atoms with Crippen molar-refractivity contribution in [2.45, 2.75) is 5.60 Å². The minimum Gasteiger partial charge on any atom is -0.497 e. The molecule has 25 heavy (non-hydrogen) atoms. The number of aliphatic hydroxyl groups is 1. The number of carbonyl (C=O) groups excluding carboxylic acids is 2. The van der Waals surface area contributed by atoms with Crippen LogP contribution in [0.25, 0.3) is 6.08 Å². The van der Waals surface area contributed by atoms with Gasteiger partial charge in [0, 0.05) is 17.2 Å². The van der Waals surface area contributed by atoms with Crippen molar-refractivity contribution in [2.24, 2.45) is 0 Å². The highest BCUT2D eigenvalue weighted by Gasteiger charge is 2.58. The summed E-state index contributed by atoms with van der Waals surface area (Å²) in [5.41, 5.74) is -3.12. The van der Waals surface area contributed by atoms with Gasteiger partial charge in [-0.15, -0.1) is 0 Å². The molecule has 2 aromatic carbocycles. The zero-order valence-electron chi connectivity index (χ0n) is 13.1. The number of hydrogen-bond acceptors (Lipinski definition) is 6. The van der Waals surface area contributed by atoms with E-state index in [9.17, 15) is 24.8 Å². The molecule has 1 aliphatic carbocycles. The summed E-state index contributed by atoms with van der Waals surface area (Å²) >= 11 is 0. The summed E-state index contributed by atoms with van der Waals surface area (Å²) in [5, 5.41) is 22.4. The Morgan fingerprint density at radius 2 is 1.80 bits per heavy atom. The first kappa shape index (κ1) is 16.5. The molecule has 0 amide bonds. The molecular weight excluding hydrogens is 326 g/mol. The number of carbonyl (C=O) groups is 2. The molecule has 7 heteroatoms. The number of benzene rings is 2. The summed E-state index contributed by atoms with van der Waals surface area (Å²) in [6.07, 6.45) is 1.08. The van der Waals surface area contributed by atoms with Gasteiger partial charge >= 0.3 is 0 Å². The molecule has 0 saturated heterocycles. The SMILES string of the molecule is COc1ccc(/C=C(/[N+](=O)[O-])C2(O)C(=O)C(=O)c3ccccc32)cc1. The summed E-state index contributed by atoms with van der Waals surface area (Å²) in [6, 6.07) is 12.0. The van der Waals surface area contributed by atoms with Crippen LogP contribution < -0.4 is 4.74 Å². The smallest absolute Gasteiger partial charge is 0.291 e. The van der Waals surface area contributed by atoms with Gasteiger partial charge in [0.25, 0.3) is 11.5 Å². The summed E-state index contributed by atoms with van der Waals surface area (Å²) in [5.74, 6) is -1.62. The number of ether oxygens (including phenoxy) is 1. The van der Waals surface area contributed by atoms with Gasteiger partial charge in [0.1, 0.15) is 5.75 Å². The fourth-order valence-electron chi connectivity index (χ4n) is 2.81. The predicted molar refractivity (Wildman–Crippen MR) is 87.6 cm³/mol. The van der Waals surface area contributed by atoms with Crippen LogP contribution in [0.5, 0.6) is 5.75 Å². The molecule has 0 saturated carbocycles. The molecule has 2 aromatic rings. The van der Waals surface area contributed by atoms with Crippen LogP contribution in [0, 0.1) is 10.1 Å². The summed E-state index contributed by atoms with van der Waals surface area (Å²) in [7, 11) is 1.48. The van der Waals surface area contributed by atoms with E-state index < -0.39 is 27.8 Å². The lowest BCUT2D eigenvalue weighted by atomic mass is 9.90. The van der Waals surface area contributed by atoms with E-state index >= 15 is 0 Å². The number of hydrogen-bond donors (Lipinski definition) is 1. The van der Waals surface area contributed by atoms with Crippen molar-refractivity contribution in [3.8, 4) is 5.75 Å². The van der Waals surface area contributed by atoms with E-state index in [0.717, 1.165) is 6.08 Å². The molecule has 1 atom stereocenters. The number of nitrogens with zero attached hydrogens (tertiary/aromatic N) is 1. The van der Waals surface area contributed by atoms with Gasteiger partial charge in [-0.3, -0.25) is 19.7 Å². The topological polar surface area (TPSA) is 107 Å². The van der Waals surface area contributed by atoms with Crippen molar-refractivity contribution in [3.63, 3.8) is 0 Å². The number of Topliss-reactive ketones (excluding diaryl/α,β-unsaturated/α-hetero) is 2. The largest absolute Gasteiger partial charge is 0.497 e. The Labute approximate surface area is 142 Å². The predicted octanol–water partition coefficient (Wildman–Crippen LogP) is 1.97. The van der Waals surface area contributed by atoms with Crippen LogP contribution in [0.1, 0.15) is 21.5 Å². The Kier molecular flexibility index (Phi) is 3.94. The third kappa shape index (κ3) is 2.50. The van der Waals surface area contributed by atoms with Crippen LogP contribution >= 0.6 is 0 Å². The van der Waals surface area contributed by atoms with Crippen LogP contribution in [0.2, 0.25) is 0 Å². The molecule has 0 bridgehead atoms. The summed E-state index contributed by atoms with van der Waals surface area (Å²) in [6.45, 7) is 0. The summed E-state index contributed by atoms with van der Waals surface area (Å²) < 4.78 is 5.02. The van der Waals surface area contributed by atoms with Gasteiger partial charge in [0.15, 0.2) is 0 Å². The molecule has 0 spiro atoms. The van der Waals surface area contributed by atoms with Crippen molar-refractivity contribution in [2.75, 3.05) is 7.11 Å². The van der Waals surface area contributed by atoms with E-state index in [1.807, 2.05) is 0 Å². The minimum atomic E-state index is -2.61. The third-order valence-electron chi connectivity index (χ3n) is 4.08. The first-order valence-electron chi connectivity index (χ1n) is 7.31. The lowest BCUT2D eigenvalue weighted by molar-refractivity contribution is -0.440. The van der Waals surface area contributed by atoms with Gasteiger partial charge in [0.2, 0.25) is 11.4 Å². The molecule has 1 aliphatic rings. The quantitative estimate of drug-likeness (QED) is 0.518. The monoisotopic (exact) mass is 339 g/mol. The van der Waals surface area contributed by atoms with Crippen molar-refractivity contribution in [1.29, 1.82) is 0 Å². The van der Waals surface area contributed by atoms with Crippen LogP contribution in [-0.2, 0) is 10.4 Å². The number of ketones is 2. The van der Waals surface area contributed by atoms with Crippen LogP contribution in [0.3, 0.4) is 0 Å². The second kappa shape index (κ2) is 5.95. The Bertz CT molecular complexity index is 915. The summed E-state index contributed by atoms with van der Waals surface area (Å²) in [4.78, 5) is 35.2. The maximum absolute atomic E-state index is 12.4. The molecule has 0 radical (unpaired) electrons. The number of rotatable bonds is 4. The Morgan fingerprint density at radius 3 is 2.40 bits per heavy atom. The van der Waals surface area contributed by atoms with Gasteiger partial charge in [-0.2, -0.15) is 0 Å². The molecule has 7 nitrogen and oxygen atoms in total. The first-order valence-corrected chi connectivity index (χ1v) is 7.31. The molecule has 1 N–H and O–H groups in total. The minimum absolute atomic E-state index is 0.0301. The van der Waals surface area contributed by atoms with E-state index in [-0.39, 0.29) is 11.1 Å². The van der Waals surface area contributed by atoms with Gasteiger partial charge < -0.3 is 9.84 Å². The van der Waals surface area contributed by atoms with Crippen molar-refractivity contribution < 1.29 is 24.4 Å². The fraction of sp³-hybridized carbons (Fsp3) is 0.111. The maximum atomic E-state index is 12.4. The second-order valence-electron chi connectivity index (χ2n) is 5.47. The first-order chi connectivity index (χ1) is 11.9. The Balaban J connectivity index is 2.18. The number of nitro groups is 1. The Hall–Kier alpha value is -3.32. The maximum Gasteiger partial charge on any atom is 0.291 e. The van der Waals surface area contributed by atoms with Gasteiger partial charge in [-0.25, -0.2) is 0 Å². The van der Waals surface area contributed by atoms with Gasteiger partial charge in [0.05, 0.1) is 12.0 Å². The molecule has 0 aromatic heterocycles. The van der Waals surface area contributed by atoms with Crippen molar-refractivity contribution in [3.05, 3.63) is 81.0 Å². The lowest BCUT2D eigenvalue weighted by Gasteiger charge is -2.18. The molecule has 3 rings (SSSR count). The molecule has 0 fully saturated rings. The van der Waals surface area contributed by atoms with Crippen LogP contribution in [0.4, 0.5) is 0 Å². The number of fused-ring (bicyclic) bond motifs is 1. The zero-order valence-corrected chi connectivity index (χ0v) is 13.1. The standard InChI is InChI=1S/C18H13NO6/c1-25-12-8-6-11(7-9-12)10-15(19(23)24)18(22)14-5-3-2-4-13(14)16(20)17(18)21/h2-10,22H,1H3/b15-10+. The van der Waals surface area contributed by atoms with Crippen molar-refractivity contribution >= 4 is 17.6 Å². The average molecular weight is 339 g/mol. The van der Waals surface area contributed by atoms with Gasteiger partial charge in [-0.1, -0.05) is 36.4 Å². The Morgan fingerprint density at radius 1 is 1.16 bits per heavy atom. The van der Waals surface area contributed by atoms with E-state index in [4.69, 9.17) is 4.74 Å². The van der Waals surface area contributed by atoms with Crippen LogP contribution in [0.15, 0.2) is 54.2 Å². The lowest BCUT2D eigenvalue weighted by Crippen LogP contribution is -2.38. The molecule has 0 heterocycles. The van der Waals surface area contributed by atoms with Crippen LogP contribution in [-0.4, -0.2) is 28.7 Å².